The first kappa shape index (κ1) is 15.8. The Balaban J connectivity index is 3.15. The number of allylic oxidation sites excluding steroid dienone is 1. The maximum absolute atomic E-state index is 12.5. The zero-order valence-corrected chi connectivity index (χ0v) is 10.3. The fourth-order valence-corrected chi connectivity index (χ4v) is 1.38. The number of nitrogens with zero attached hydrogens (tertiary/aromatic N) is 1. The lowest BCUT2D eigenvalue weighted by atomic mass is 10.2. The molecule has 0 radical (unpaired) electrons. The van der Waals surface area contributed by atoms with Gasteiger partial charge in [-0.1, -0.05) is 0 Å². The number of rotatable bonds is 4. The minimum absolute atomic E-state index is 0.312. The highest BCUT2D eigenvalue weighted by Gasteiger charge is 2.33. The predicted molar refractivity (Wildman–Crippen MR) is 64.6 cm³/mol. The van der Waals surface area contributed by atoms with Crippen molar-refractivity contribution in [1.82, 2.24) is 0 Å². The van der Waals surface area contributed by atoms with Gasteiger partial charge in [-0.25, -0.2) is 0 Å². The zero-order valence-electron chi connectivity index (χ0n) is 10.3. The van der Waals surface area contributed by atoms with E-state index >= 15 is 0 Å². The van der Waals surface area contributed by atoms with E-state index < -0.39 is 28.6 Å². The van der Waals surface area contributed by atoms with E-state index in [0.29, 0.717) is 17.8 Å². The van der Waals surface area contributed by atoms with Crippen LogP contribution in [-0.4, -0.2) is 11.2 Å². The number of nitrogens with two attached hydrogens (primary N) is 2. The molecule has 9 heteroatoms. The molecule has 6 nitrogen and oxygen atoms in total. The molecule has 0 bridgehead atoms. The van der Waals surface area contributed by atoms with Gasteiger partial charge in [0.25, 0.3) is 0 Å². The maximum Gasteiger partial charge on any atom is 0.416 e. The van der Waals surface area contributed by atoms with Gasteiger partial charge in [0, 0.05) is 11.8 Å². The van der Waals surface area contributed by atoms with Gasteiger partial charge in [0.1, 0.15) is 0 Å². The summed E-state index contributed by atoms with van der Waals surface area (Å²) in [7, 11) is 0. The van der Waals surface area contributed by atoms with Gasteiger partial charge in [-0.3, -0.25) is 15.8 Å². The molecule has 1 atom stereocenters. The second-order valence-corrected chi connectivity index (χ2v) is 3.93. The Hall–Kier alpha value is -2.29. The van der Waals surface area contributed by atoms with Gasteiger partial charge in [0.05, 0.1) is 10.5 Å². The Kier molecular flexibility index (Phi) is 4.56. The number of hydrogen-bond donors (Lipinski definition) is 2. The molecule has 0 aliphatic carbocycles. The number of halogens is 3. The number of ether oxygens (including phenoxy) is 1. The van der Waals surface area contributed by atoms with Gasteiger partial charge in [0.15, 0.2) is 12.0 Å². The van der Waals surface area contributed by atoms with Crippen molar-refractivity contribution in [3.8, 4) is 5.75 Å². The maximum atomic E-state index is 12.5. The summed E-state index contributed by atoms with van der Waals surface area (Å²) in [6.07, 6.45) is -4.52. The van der Waals surface area contributed by atoms with Gasteiger partial charge >= 0.3 is 11.9 Å². The van der Waals surface area contributed by atoms with Crippen LogP contribution in [0.3, 0.4) is 0 Å². The van der Waals surface area contributed by atoms with Crippen molar-refractivity contribution >= 4 is 5.69 Å². The molecule has 0 spiro atoms. The average molecular weight is 291 g/mol. The molecule has 0 heterocycles. The van der Waals surface area contributed by atoms with Crippen LogP contribution in [-0.2, 0) is 6.18 Å². The highest BCUT2D eigenvalue weighted by Crippen LogP contribution is 2.36. The minimum atomic E-state index is -4.68. The van der Waals surface area contributed by atoms with Crippen LogP contribution in [0.25, 0.3) is 0 Å². The van der Waals surface area contributed by atoms with E-state index in [0.717, 1.165) is 6.07 Å². The van der Waals surface area contributed by atoms with E-state index in [4.69, 9.17) is 16.2 Å². The molecule has 1 rings (SSSR count). The minimum Gasteiger partial charge on any atom is -0.465 e. The third-order valence-corrected chi connectivity index (χ3v) is 2.17. The lowest BCUT2D eigenvalue weighted by molar-refractivity contribution is -0.386. The molecule has 0 amide bonds. The third-order valence-electron chi connectivity index (χ3n) is 2.17. The van der Waals surface area contributed by atoms with Crippen molar-refractivity contribution in [2.75, 3.05) is 0 Å². The number of nitro benzene ring substituents is 1. The number of hydrogen-bond acceptors (Lipinski definition) is 5. The van der Waals surface area contributed by atoms with Crippen LogP contribution in [0.5, 0.6) is 5.75 Å². The van der Waals surface area contributed by atoms with E-state index in [1.54, 1.807) is 0 Å². The van der Waals surface area contributed by atoms with E-state index in [9.17, 15) is 23.3 Å². The Labute approximate surface area is 112 Å². The van der Waals surface area contributed by atoms with Crippen molar-refractivity contribution in [2.45, 2.75) is 19.3 Å². The monoisotopic (exact) mass is 291 g/mol. The number of benzene rings is 1. The molecule has 0 aromatic heterocycles. The third kappa shape index (κ3) is 4.12. The van der Waals surface area contributed by atoms with Gasteiger partial charge in [-0.05, 0) is 25.1 Å². The van der Waals surface area contributed by atoms with Gasteiger partial charge in [0.2, 0.25) is 0 Å². The van der Waals surface area contributed by atoms with Crippen LogP contribution in [0.15, 0.2) is 30.0 Å². The van der Waals surface area contributed by atoms with Crippen LogP contribution in [0.4, 0.5) is 18.9 Å². The molecular weight excluding hydrogens is 279 g/mol. The van der Waals surface area contributed by atoms with Crippen LogP contribution in [0.1, 0.15) is 12.5 Å². The molecule has 1 unspecified atom stereocenters. The summed E-state index contributed by atoms with van der Waals surface area (Å²) in [6.45, 7) is 1.52. The summed E-state index contributed by atoms with van der Waals surface area (Å²) in [4.78, 5) is 9.81. The molecule has 1 aromatic rings. The first-order valence-electron chi connectivity index (χ1n) is 5.33. The molecule has 110 valence electrons. The first-order valence-corrected chi connectivity index (χ1v) is 5.33. The van der Waals surface area contributed by atoms with E-state index in [2.05, 4.69) is 0 Å². The lowest BCUT2D eigenvalue weighted by Gasteiger charge is -2.13. The topological polar surface area (TPSA) is 104 Å². The van der Waals surface area contributed by atoms with Gasteiger partial charge in [-0.2, -0.15) is 13.2 Å². The molecule has 0 aliphatic rings. The Morgan fingerprint density at radius 2 is 2.10 bits per heavy atom. The van der Waals surface area contributed by atoms with Crippen molar-refractivity contribution in [2.24, 2.45) is 11.5 Å². The van der Waals surface area contributed by atoms with Crippen molar-refractivity contribution in [3.63, 3.8) is 0 Å². The lowest BCUT2D eigenvalue weighted by Crippen LogP contribution is -2.26. The molecule has 20 heavy (non-hydrogen) atoms. The second kappa shape index (κ2) is 5.78. The molecule has 0 aliphatic heterocycles. The van der Waals surface area contributed by atoms with Crippen molar-refractivity contribution in [1.29, 1.82) is 0 Å². The van der Waals surface area contributed by atoms with Crippen LogP contribution in [0, 0.1) is 10.1 Å². The van der Waals surface area contributed by atoms with Crippen LogP contribution in [0.2, 0.25) is 0 Å². The molecule has 0 saturated carbocycles. The molecule has 1 aromatic carbocycles. The van der Waals surface area contributed by atoms with E-state index in [1.807, 2.05) is 0 Å². The SMILES string of the molecule is C/C(N)=C/C(N)Oc1ccc(C(F)(F)F)cc1[N+](=O)[O-]. The number of alkyl halides is 3. The fourth-order valence-electron chi connectivity index (χ4n) is 1.38. The molecule has 0 saturated heterocycles. The van der Waals surface area contributed by atoms with E-state index in [-0.39, 0.29) is 5.75 Å². The fraction of sp³-hybridized carbons (Fsp3) is 0.273. The highest BCUT2D eigenvalue weighted by molar-refractivity contribution is 5.49. The first-order chi connectivity index (χ1) is 9.11. The van der Waals surface area contributed by atoms with Gasteiger partial charge < -0.3 is 10.5 Å². The Morgan fingerprint density at radius 3 is 2.55 bits per heavy atom. The summed E-state index contributed by atoms with van der Waals surface area (Å²) in [5.74, 6) is -0.368. The Morgan fingerprint density at radius 1 is 1.50 bits per heavy atom. The van der Waals surface area contributed by atoms with Crippen molar-refractivity contribution in [3.05, 3.63) is 45.6 Å². The van der Waals surface area contributed by atoms with Crippen LogP contribution < -0.4 is 16.2 Å². The number of nitro groups is 1. The summed E-state index contributed by atoms with van der Waals surface area (Å²) in [5.41, 5.74) is 9.17. The summed E-state index contributed by atoms with van der Waals surface area (Å²) < 4.78 is 42.4. The summed E-state index contributed by atoms with van der Waals surface area (Å²) in [6, 6.07) is 1.91. The quantitative estimate of drug-likeness (QED) is 0.502. The largest absolute Gasteiger partial charge is 0.465 e. The summed E-state index contributed by atoms with van der Waals surface area (Å²) >= 11 is 0. The van der Waals surface area contributed by atoms with Crippen molar-refractivity contribution < 1.29 is 22.8 Å². The van der Waals surface area contributed by atoms with E-state index in [1.165, 1.54) is 13.0 Å². The smallest absolute Gasteiger partial charge is 0.416 e. The highest BCUT2D eigenvalue weighted by atomic mass is 19.4. The zero-order chi connectivity index (χ0) is 15.5. The molecule has 4 N–H and O–H groups in total. The molecular formula is C11H12F3N3O3. The van der Waals surface area contributed by atoms with Crippen LogP contribution >= 0.6 is 0 Å². The Bertz CT molecular complexity index is 539. The average Bonchev–Trinajstić information content (AvgIpc) is 2.26. The standard InChI is InChI=1S/C11H12F3N3O3/c1-6(15)4-10(16)20-9-3-2-7(11(12,13)14)5-8(9)17(18)19/h2-5,10H,15-16H2,1H3/b6-4-. The summed E-state index contributed by atoms with van der Waals surface area (Å²) in [5, 5.41) is 10.8. The normalized spacial score (nSPS) is 13.9. The molecule has 0 fully saturated rings. The second-order valence-electron chi connectivity index (χ2n) is 3.93. The predicted octanol–water partition coefficient (Wildman–Crippen LogP) is 2.14. The van der Waals surface area contributed by atoms with Gasteiger partial charge in [-0.15, -0.1) is 0 Å².